The first-order chi connectivity index (χ1) is 17.9. The van der Waals surface area contributed by atoms with Crippen molar-refractivity contribution < 1.29 is 18.7 Å². The van der Waals surface area contributed by atoms with Crippen LogP contribution in [0.15, 0.2) is 58.4 Å². The van der Waals surface area contributed by atoms with Crippen LogP contribution in [0.5, 0.6) is 0 Å². The van der Waals surface area contributed by atoms with Crippen LogP contribution in [-0.4, -0.2) is 28.3 Å². The Kier molecular flexibility index (Phi) is 6.44. The second-order valence-electron chi connectivity index (χ2n) is 9.99. The Hall–Kier alpha value is -2.91. The lowest BCUT2D eigenvalue weighted by molar-refractivity contribution is -0.116. The molecule has 1 N–H and O–H groups in total. The monoisotopic (exact) mass is 538 g/mol. The molecule has 192 valence electrons. The summed E-state index contributed by atoms with van der Waals surface area (Å²) in [5.74, 6) is 0.735. The number of carbonyl (C=O) groups is 2. The number of fused-ring (bicyclic) bond motifs is 6. The zero-order valence-corrected chi connectivity index (χ0v) is 21.9. The highest BCUT2D eigenvalue weighted by atomic mass is 32.2. The Morgan fingerprint density at radius 1 is 1.08 bits per heavy atom. The Balaban J connectivity index is 1.27. The fraction of sp³-hybridized carbons (Fsp3) is 0.393. The van der Waals surface area contributed by atoms with Gasteiger partial charge in [-0.05, 0) is 85.9 Å². The van der Waals surface area contributed by atoms with E-state index in [1.807, 2.05) is 12.1 Å². The number of esters is 1. The van der Waals surface area contributed by atoms with Crippen molar-refractivity contribution in [3.8, 4) is 0 Å². The molecule has 2 aromatic carbocycles. The third-order valence-electron chi connectivity index (χ3n) is 7.90. The molecule has 0 radical (unpaired) electrons. The Labute approximate surface area is 222 Å². The number of aromatic nitrogens is 1. The van der Waals surface area contributed by atoms with Gasteiger partial charge in [0.25, 0.3) is 0 Å². The maximum atomic E-state index is 13.7. The van der Waals surface area contributed by atoms with Gasteiger partial charge in [-0.25, -0.2) is 9.18 Å². The highest BCUT2D eigenvalue weighted by molar-refractivity contribution is 8.00. The van der Waals surface area contributed by atoms with Crippen molar-refractivity contribution in [3.63, 3.8) is 0 Å². The second kappa shape index (κ2) is 9.76. The van der Waals surface area contributed by atoms with Crippen LogP contribution in [0.4, 0.5) is 10.1 Å². The van der Waals surface area contributed by atoms with Crippen LogP contribution >= 0.6 is 23.1 Å². The first kappa shape index (κ1) is 24.4. The van der Waals surface area contributed by atoms with Gasteiger partial charge in [0.05, 0.1) is 17.2 Å². The average Bonchev–Trinajstić information content (AvgIpc) is 3.58. The first-order valence-corrected chi connectivity index (χ1v) is 14.3. The van der Waals surface area contributed by atoms with Gasteiger partial charge in [0, 0.05) is 21.7 Å². The minimum atomic E-state index is -0.413. The molecule has 6 nitrogen and oxygen atoms in total. The van der Waals surface area contributed by atoms with Crippen LogP contribution < -0.4 is 10.2 Å². The number of carbonyl (C=O) groups excluding carboxylic acids is 2. The first-order valence-electron chi connectivity index (χ1n) is 12.7. The molecule has 37 heavy (non-hydrogen) atoms. The van der Waals surface area contributed by atoms with E-state index in [1.54, 1.807) is 47.5 Å². The maximum absolute atomic E-state index is 13.7. The highest BCUT2D eigenvalue weighted by Crippen LogP contribution is 2.64. The number of thioether (sulfide) groups is 1. The summed E-state index contributed by atoms with van der Waals surface area (Å²) in [7, 11) is 0. The fourth-order valence-corrected chi connectivity index (χ4v) is 9.53. The van der Waals surface area contributed by atoms with Gasteiger partial charge >= 0.3 is 10.8 Å². The third-order valence-corrected chi connectivity index (χ3v) is 10.7. The van der Waals surface area contributed by atoms with Gasteiger partial charge < -0.3 is 10.1 Å². The highest BCUT2D eigenvalue weighted by Gasteiger charge is 2.55. The molecule has 1 aromatic heterocycles. The molecule has 5 unspecified atom stereocenters. The fourth-order valence-electron chi connectivity index (χ4n) is 6.38. The zero-order valence-electron chi connectivity index (χ0n) is 20.3. The molecular weight excluding hydrogens is 511 g/mol. The van der Waals surface area contributed by atoms with Crippen LogP contribution in [0.2, 0.25) is 0 Å². The minimum Gasteiger partial charge on any atom is -0.462 e. The summed E-state index contributed by atoms with van der Waals surface area (Å²) < 4.78 is 20.3. The van der Waals surface area contributed by atoms with Crippen molar-refractivity contribution in [2.45, 2.75) is 48.9 Å². The molecule has 0 spiro atoms. The quantitative estimate of drug-likeness (QED) is 0.419. The van der Waals surface area contributed by atoms with E-state index in [1.165, 1.54) is 42.7 Å². The van der Waals surface area contributed by atoms with Crippen molar-refractivity contribution in [1.82, 2.24) is 4.57 Å². The SMILES string of the molecule is CCOC(=O)c1ccc(NC(=O)Cn2c3c(sc2=O)C(c2ccc(F)cc2)C2C4CCC(C4)C2S3)cc1. The lowest BCUT2D eigenvalue weighted by atomic mass is 9.75. The lowest BCUT2D eigenvalue weighted by Crippen LogP contribution is -2.34. The molecule has 2 aliphatic carbocycles. The summed E-state index contributed by atoms with van der Waals surface area (Å²) in [6.07, 6.45) is 3.63. The Morgan fingerprint density at radius 3 is 2.54 bits per heavy atom. The van der Waals surface area contributed by atoms with Gasteiger partial charge in [-0.3, -0.25) is 14.2 Å². The summed E-state index contributed by atoms with van der Waals surface area (Å²) in [4.78, 5) is 38.9. The predicted octanol–water partition coefficient (Wildman–Crippen LogP) is 5.52. The van der Waals surface area contributed by atoms with Crippen molar-refractivity contribution >= 4 is 40.7 Å². The van der Waals surface area contributed by atoms with Gasteiger partial charge in [0.15, 0.2) is 0 Å². The molecular formula is C28H27FN2O4S2. The van der Waals surface area contributed by atoms with Crippen LogP contribution in [0, 0.1) is 23.6 Å². The topological polar surface area (TPSA) is 77.4 Å². The molecule has 2 fully saturated rings. The number of rotatable bonds is 6. The molecule has 2 bridgehead atoms. The summed E-state index contributed by atoms with van der Waals surface area (Å²) in [6.45, 7) is 1.95. The Morgan fingerprint density at radius 2 is 1.81 bits per heavy atom. The largest absolute Gasteiger partial charge is 0.462 e. The minimum absolute atomic E-state index is 0.0505. The van der Waals surface area contributed by atoms with Crippen molar-refractivity contribution in [3.05, 3.63) is 80.0 Å². The molecule has 0 saturated heterocycles. The normalized spacial score (nSPS) is 25.4. The summed E-state index contributed by atoms with van der Waals surface area (Å²) in [5.41, 5.74) is 2.00. The van der Waals surface area contributed by atoms with E-state index < -0.39 is 5.97 Å². The van der Waals surface area contributed by atoms with Gasteiger partial charge in [-0.1, -0.05) is 23.5 Å². The Bertz CT molecular complexity index is 1400. The number of hydrogen-bond acceptors (Lipinski definition) is 6. The third kappa shape index (κ3) is 4.42. The van der Waals surface area contributed by atoms with Gasteiger partial charge in [-0.15, -0.1) is 11.8 Å². The van der Waals surface area contributed by atoms with E-state index in [0.717, 1.165) is 15.5 Å². The number of ether oxygens (including phenoxy) is 1. The molecule has 2 saturated carbocycles. The molecule has 3 aromatic rings. The summed E-state index contributed by atoms with van der Waals surface area (Å²) >= 11 is 2.99. The van der Waals surface area contributed by atoms with E-state index >= 15 is 0 Å². The van der Waals surface area contributed by atoms with E-state index in [9.17, 15) is 18.8 Å². The van der Waals surface area contributed by atoms with E-state index in [0.29, 0.717) is 40.9 Å². The molecule has 1 aliphatic heterocycles. The maximum Gasteiger partial charge on any atom is 0.338 e. The van der Waals surface area contributed by atoms with Crippen LogP contribution in [0.25, 0.3) is 0 Å². The smallest absolute Gasteiger partial charge is 0.338 e. The molecule has 6 rings (SSSR count). The van der Waals surface area contributed by atoms with E-state index in [4.69, 9.17) is 4.74 Å². The van der Waals surface area contributed by atoms with Gasteiger partial charge in [0.2, 0.25) is 5.91 Å². The van der Waals surface area contributed by atoms with Gasteiger partial charge in [0.1, 0.15) is 12.4 Å². The second-order valence-corrected chi connectivity index (χ2v) is 12.2. The molecule has 9 heteroatoms. The predicted molar refractivity (Wildman–Crippen MR) is 142 cm³/mol. The number of nitrogens with zero attached hydrogens (tertiary/aromatic N) is 1. The van der Waals surface area contributed by atoms with Crippen molar-refractivity contribution in [2.75, 3.05) is 11.9 Å². The molecule has 2 heterocycles. The number of amides is 1. The number of hydrogen-bond donors (Lipinski definition) is 1. The standard InChI is InChI=1S/C28H27FN2O4S2/c1-2-35-27(33)16-7-11-20(12-8-16)30-21(32)14-31-26-25(37-28(31)34)22(15-5-9-19(29)10-6-15)23-17-3-4-18(13-17)24(23)36-26/h5-12,17-18,22-24H,2-4,13-14H2,1H3,(H,30,32). The summed E-state index contributed by atoms with van der Waals surface area (Å²) in [6, 6.07) is 13.2. The van der Waals surface area contributed by atoms with Crippen molar-refractivity contribution in [2.24, 2.45) is 17.8 Å². The number of nitrogens with one attached hydrogen (secondary N) is 1. The zero-order chi connectivity index (χ0) is 25.7. The number of thiazole rings is 1. The molecule has 5 atom stereocenters. The van der Waals surface area contributed by atoms with E-state index in [2.05, 4.69) is 5.32 Å². The number of halogens is 1. The number of anilines is 1. The van der Waals surface area contributed by atoms with E-state index in [-0.39, 0.29) is 29.1 Å². The summed E-state index contributed by atoms with van der Waals surface area (Å²) in [5, 5.41) is 4.12. The molecule has 1 amide bonds. The van der Waals surface area contributed by atoms with Crippen LogP contribution in [-0.2, 0) is 16.1 Å². The molecule has 3 aliphatic rings. The average molecular weight is 539 g/mol. The lowest BCUT2D eigenvalue weighted by Gasteiger charge is -2.40. The van der Waals surface area contributed by atoms with Crippen molar-refractivity contribution in [1.29, 1.82) is 0 Å². The number of benzene rings is 2. The van der Waals surface area contributed by atoms with Gasteiger partial charge in [-0.2, -0.15) is 0 Å². The van der Waals surface area contributed by atoms with Crippen LogP contribution in [0.1, 0.15) is 52.9 Å². The van der Waals surface area contributed by atoms with Crippen LogP contribution in [0.3, 0.4) is 0 Å².